The highest BCUT2D eigenvalue weighted by molar-refractivity contribution is 9.10. The fourth-order valence-corrected chi connectivity index (χ4v) is 2.94. The minimum Gasteiger partial charge on any atom is -0.504 e. The summed E-state index contributed by atoms with van der Waals surface area (Å²) in [6, 6.07) is 7.04. The summed E-state index contributed by atoms with van der Waals surface area (Å²) in [7, 11) is 1.52. The van der Waals surface area contributed by atoms with E-state index in [9.17, 15) is 5.11 Å². The predicted molar refractivity (Wildman–Crippen MR) is 72.7 cm³/mol. The molecule has 5 heteroatoms. The number of hydrogen-bond donors (Lipinski definition) is 2. The van der Waals surface area contributed by atoms with Gasteiger partial charge in [-0.15, -0.1) is 11.3 Å². The molecular weight excluding hydrogens is 302 g/mol. The van der Waals surface area contributed by atoms with E-state index < -0.39 is 0 Å². The van der Waals surface area contributed by atoms with Crippen molar-refractivity contribution < 1.29 is 9.84 Å². The van der Waals surface area contributed by atoms with Crippen molar-refractivity contribution in [1.29, 1.82) is 0 Å². The number of methoxy groups -OCH3 is 1. The van der Waals surface area contributed by atoms with Gasteiger partial charge < -0.3 is 15.6 Å². The van der Waals surface area contributed by atoms with Gasteiger partial charge >= 0.3 is 0 Å². The van der Waals surface area contributed by atoms with E-state index in [-0.39, 0.29) is 11.8 Å². The van der Waals surface area contributed by atoms with Crippen molar-refractivity contribution in [1.82, 2.24) is 0 Å². The Bertz CT molecular complexity index is 513. The van der Waals surface area contributed by atoms with Crippen LogP contribution in [0.3, 0.4) is 0 Å². The van der Waals surface area contributed by atoms with Crippen LogP contribution in [0.1, 0.15) is 16.5 Å². The second-order valence-electron chi connectivity index (χ2n) is 3.51. The Morgan fingerprint density at radius 3 is 2.76 bits per heavy atom. The van der Waals surface area contributed by atoms with E-state index in [1.807, 2.05) is 23.6 Å². The molecule has 0 amide bonds. The van der Waals surface area contributed by atoms with Crippen LogP contribution in [0.4, 0.5) is 0 Å². The van der Waals surface area contributed by atoms with Gasteiger partial charge in [-0.3, -0.25) is 0 Å². The molecule has 0 aliphatic heterocycles. The van der Waals surface area contributed by atoms with Crippen LogP contribution in [0.15, 0.2) is 34.1 Å². The van der Waals surface area contributed by atoms with Crippen molar-refractivity contribution >= 4 is 27.3 Å². The van der Waals surface area contributed by atoms with Crippen LogP contribution in [0.2, 0.25) is 0 Å². The van der Waals surface area contributed by atoms with Gasteiger partial charge in [-0.1, -0.05) is 22.0 Å². The van der Waals surface area contributed by atoms with Gasteiger partial charge in [-0.2, -0.15) is 0 Å². The van der Waals surface area contributed by atoms with Crippen molar-refractivity contribution in [2.24, 2.45) is 5.73 Å². The molecule has 1 heterocycles. The number of phenols is 1. The molecule has 2 rings (SSSR count). The number of thiophene rings is 1. The summed E-state index contributed by atoms with van der Waals surface area (Å²) in [4.78, 5) is 0.995. The minimum absolute atomic E-state index is 0.0859. The summed E-state index contributed by atoms with van der Waals surface area (Å²) in [5.41, 5.74) is 6.80. The Kier molecular flexibility index (Phi) is 3.71. The molecule has 2 aromatic rings. The fourth-order valence-electron chi connectivity index (χ4n) is 1.63. The minimum atomic E-state index is -0.362. The summed E-state index contributed by atoms with van der Waals surface area (Å²) in [5.74, 6) is 0.512. The number of halogens is 1. The number of phenolic OH excluding ortho intramolecular Hbond substituents is 1. The van der Waals surface area contributed by atoms with E-state index in [4.69, 9.17) is 10.5 Å². The maximum atomic E-state index is 10.1. The van der Waals surface area contributed by atoms with E-state index in [1.165, 1.54) is 7.11 Å². The average molecular weight is 314 g/mol. The largest absolute Gasteiger partial charge is 0.504 e. The Balaban J connectivity index is 2.51. The Labute approximate surface area is 112 Å². The summed E-state index contributed by atoms with van der Waals surface area (Å²) < 4.78 is 5.86. The zero-order chi connectivity index (χ0) is 12.4. The van der Waals surface area contributed by atoms with E-state index in [2.05, 4.69) is 15.9 Å². The lowest BCUT2D eigenvalue weighted by Gasteiger charge is -2.16. The molecule has 3 nitrogen and oxygen atoms in total. The number of hydrogen-bond acceptors (Lipinski definition) is 4. The topological polar surface area (TPSA) is 55.5 Å². The van der Waals surface area contributed by atoms with E-state index in [0.29, 0.717) is 11.3 Å². The highest BCUT2D eigenvalue weighted by Crippen LogP contribution is 2.40. The molecule has 0 fully saturated rings. The first-order chi connectivity index (χ1) is 8.15. The fraction of sp³-hybridized carbons (Fsp3) is 0.167. The second-order valence-corrected chi connectivity index (χ2v) is 5.34. The third-order valence-corrected chi connectivity index (χ3v) is 4.15. The Morgan fingerprint density at radius 2 is 2.18 bits per heavy atom. The lowest BCUT2D eigenvalue weighted by Crippen LogP contribution is -2.11. The monoisotopic (exact) mass is 313 g/mol. The Hall–Kier alpha value is -1.04. The van der Waals surface area contributed by atoms with Crippen molar-refractivity contribution in [3.8, 4) is 11.5 Å². The third kappa shape index (κ3) is 2.31. The van der Waals surface area contributed by atoms with E-state index >= 15 is 0 Å². The highest BCUT2D eigenvalue weighted by atomic mass is 79.9. The third-order valence-electron chi connectivity index (χ3n) is 2.51. The van der Waals surface area contributed by atoms with Crippen molar-refractivity contribution in [3.63, 3.8) is 0 Å². The molecule has 0 aliphatic rings. The van der Waals surface area contributed by atoms with Crippen molar-refractivity contribution in [3.05, 3.63) is 44.6 Å². The Morgan fingerprint density at radius 1 is 1.41 bits per heavy atom. The van der Waals surface area contributed by atoms with Crippen LogP contribution in [0.5, 0.6) is 11.5 Å². The summed E-state index contributed by atoms with van der Waals surface area (Å²) in [6.07, 6.45) is 0. The van der Waals surface area contributed by atoms with E-state index in [1.54, 1.807) is 17.4 Å². The first-order valence-corrected chi connectivity index (χ1v) is 6.66. The predicted octanol–water partition coefficient (Wildman–Crippen LogP) is 3.27. The van der Waals surface area contributed by atoms with Crippen LogP contribution < -0.4 is 10.5 Å². The van der Waals surface area contributed by atoms with E-state index in [0.717, 1.165) is 9.35 Å². The first-order valence-electron chi connectivity index (χ1n) is 4.99. The van der Waals surface area contributed by atoms with Gasteiger partial charge in [-0.05, 0) is 23.6 Å². The SMILES string of the molecule is COc1ccc(Br)c([C@@H](N)c2cccs2)c1O. The summed E-state index contributed by atoms with van der Waals surface area (Å²) in [6.45, 7) is 0. The van der Waals surface area contributed by atoms with Gasteiger partial charge in [-0.25, -0.2) is 0 Å². The maximum absolute atomic E-state index is 10.1. The number of aromatic hydroxyl groups is 1. The van der Waals surface area contributed by atoms with Gasteiger partial charge in [0, 0.05) is 14.9 Å². The molecule has 0 aliphatic carbocycles. The van der Waals surface area contributed by atoms with Gasteiger partial charge in [0.05, 0.1) is 13.2 Å². The first kappa shape index (κ1) is 12.4. The van der Waals surface area contributed by atoms with Crippen LogP contribution in [-0.4, -0.2) is 12.2 Å². The second kappa shape index (κ2) is 5.08. The quantitative estimate of drug-likeness (QED) is 0.914. The van der Waals surface area contributed by atoms with Crippen molar-refractivity contribution in [2.45, 2.75) is 6.04 Å². The standard InChI is InChI=1S/C12H12BrNO2S/c1-16-8-5-4-7(13)10(12(8)15)11(14)9-3-2-6-17-9/h2-6,11,15H,14H2,1H3/t11-/m0/s1. The average Bonchev–Trinajstić information content (AvgIpc) is 2.82. The zero-order valence-corrected chi connectivity index (χ0v) is 11.6. The smallest absolute Gasteiger partial charge is 0.164 e. The molecule has 90 valence electrons. The van der Waals surface area contributed by atoms with Gasteiger partial charge in [0.15, 0.2) is 11.5 Å². The number of benzene rings is 1. The molecule has 0 saturated heterocycles. The van der Waals surface area contributed by atoms with Crippen LogP contribution in [0, 0.1) is 0 Å². The molecule has 0 bridgehead atoms. The molecule has 0 spiro atoms. The normalized spacial score (nSPS) is 12.4. The molecule has 0 saturated carbocycles. The van der Waals surface area contributed by atoms with Crippen LogP contribution in [0.25, 0.3) is 0 Å². The molecular formula is C12H12BrNO2S. The molecule has 17 heavy (non-hydrogen) atoms. The molecule has 3 N–H and O–H groups in total. The van der Waals surface area contributed by atoms with Gasteiger partial charge in [0.25, 0.3) is 0 Å². The number of ether oxygens (including phenoxy) is 1. The van der Waals surface area contributed by atoms with Crippen LogP contribution >= 0.6 is 27.3 Å². The molecule has 1 aromatic carbocycles. The summed E-state index contributed by atoms with van der Waals surface area (Å²) in [5, 5.41) is 12.1. The lowest BCUT2D eigenvalue weighted by molar-refractivity contribution is 0.369. The van der Waals surface area contributed by atoms with Crippen molar-refractivity contribution in [2.75, 3.05) is 7.11 Å². The molecule has 0 unspecified atom stereocenters. The van der Waals surface area contributed by atoms with Gasteiger partial charge in [0.2, 0.25) is 0 Å². The highest BCUT2D eigenvalue weighted by Gasteiger charge is 2.20. The lowest BCUT2D eigenvalue weighted by atomic mass is 10.0. The molecule has 1 atom stereocenters. The number of rotatable bonds is 3. The number of nitrogens with two attached hydrogens (primary N) is 1. The zero-order valence-electron chi connectivity index (χ0n) is 9.18. The molecule has 1 aromatic heterocycles. The molecule has 0 radical (unpaired) electrons. The summed E-state index contributed by atoms with van der Waals surface area (Å²) >= 11 is 4.96. The maximum Gasteiger partial charge on any atom is 0.164 e. The van der Waals surface area contributed by atoms with Gasteiger partial charge in [0.1, 0.15) is 0 Å². The van der Waals surface area contributed by atoms with Crippen LogP contribution in [-0.2, 0) is 0 Å².